The Labute approximate surface area is 106 Å². The summed E-state index contributed by atoms with van der Waals surface area (Å²) in [6.07, 6.45) is 3.72. The average molecular weight is 286 g/mol. The van der Waals surface area contributed by atoms with E-state index in [2.05, 4.69) is 37.8 Å². The topological polar surface area (TPSA) is 29.0 Å². The molecule has 0 unspecified atom stereocenters. The number of anilines is 1. The lowest BCUT2D eigenvalue weighted by atomic mass is 10.2. The Morgan fingerprint density at radius 2 is 1.94 bits per heavy atom. The van der Waals surface area contributed by atoms with Crippen LogP contribution in [0.15, 0.2) is 6.07 Å². The summed E-state index contributed by atoms with van der Waals surface area (Å²) in [5.74, 6) is 1.88. The molecule has 0 radical (unpaired) electrons. The highest BCUT2D eigenvalue weighted by Gasteiger charge is 2.04. The van der Waals surface area contributed by atoms with Gasteiger partial charge < -0.3 is 4.90 Å². The molecule has 0 N–H and O–H groups in total. The van der Waals surface area contributed by atoms with E-state index in [1.54, 1.807) is 0 Å². The molecule has 90 valence electrons. The highest BCUT2D eigenvalue weighted by Crippen LogP contribution is 2.11. The van der Waals surface area contributed by atoms with Crippen molar-refractivity contribution in [2.24, 2.45) is 0 Å². The number of aryl methyl sites for hydroxylation is 2. The van der Waals surface area contributed by atoms with Crippen molar-refractivity contribution in [2.75, 3.05) is 23.8 Å². The van der Waals surface area contributed by atoms with Crippen LogP contribution in [0.1, 0.15) is 30.8 Å². The van der Waals surface area contributed by atoms with Crippen LogP contribution in [0.5, 0.6) is 0 Å². The molecule has 0 aromatic carbocycles. The standard InChI is InChI=1S/C12H20BrN3/c1-10-9-12(15-11(2)14-10)16(3)8-6-4-5-7-13/h9H,4-8H2,1-3H3. The van der Waals surface area contributed by atoms with E-state index >= 15 is 0 Å². The summed E-state index contributed by atoms with van der Waals surface area (Å²) in [7, 11) is 2.09. The molecule has 0 aliphatic rings. The van der Waals surface area contributed by atoms with Crippen LogP contribution in [0.3, 0.4) is 0 Å². The lowest BCUT2D eigenvalue weighted by Gasteiger charge is -2.18. The summed E-state index contributed by atoms with van der Waals surface area (Å²) >= 11 is 3.45. The molecule has 1 aromatic heterocycles. The van der Waals surface area contributed by atoms with Crippen LogP contribution in [0.4, 0.5) is 5.82 Å². The number of nitrogens with zero attached hydrogens (tertiary/aromatic N) is 3. The first-order valence-corrected chi connectivity index (χ1v) is 6.85. The van der Waals surface area contributed by atoms with Crippen LogP contribution >= 0.6 is 15.9 Å². The van der Waals surface area contributed by atoms with E-state index in [0.29, 0.717) is 0 Å². The second-order valence-corrected chi connectivity index (χ2v) is 4.88. The van der Waals surface area contributed by atoms with Gasteiger partial charge in [-0.3, -0.25) is 0 Å². The summed E-state index contributed by atoms with van der Waals surface area (Å²) in [4.78, 5) is 10.9. The lowest BCUT2D eigenvalue weighted by molar-refractivity contribution is 0.705. The van der Waals surface area contributed by atoms with E-state index in [4.69, 9.17) is 0 Å². The summed E-state index contributed by atoms with van der Waals surface area (Å²) < 4.78 is 0. The molecule has 0 amide bonds. The molecular weight excluding hydrogens is 266 g/mol. The van der Waals surface area contributed by atoms with Gasteiger partial charge in [0.2, 0.25) is 0 Å². The summed E-state index contributed by atoms with van der Waals surface area (Å²) in [6, 6.07) is 2.04. The van der Waals surface area contributed by atoms with Gasteiger partial charge >= 0.3 is 0 Å². The summed E-state index contributed by atoms with van der Waals surface area (Å²) in [5.41, 5.74) is 1.04. The Bertz CT molecular complexity index is 308. The van der Waals surface area contributed by atoms with Gasteiger partial charge in [-0.2, -0.15) is 0 Å². The van der Waals surface area contributed by atoms with E-state index in [-0.39, 0.29) is 0 Å². The number of unbranched alkanes of at least 4 members (excludes halogenated alkanes) is 2. The van der Waals surface area contributed by atoms with E-state index < -0.39 is 0 Å². The molecule has 0 aliphatic heterocycles. The summed E-state index contributed by atoms with van der Waals surface area (Å²) in [6.45, 7) is 5.01. The third kappa shape index (κ3) is 4.47. The Morgan fingerprint density at radius 3 is 2.56 bits per heavy atom. The van der Waals surface area contributed by atoms with Gasteiger partial charge in [0.15, 0.2) is 0 Å². The molecule has 1 rings (SSSR count). The van der Waals surface area contributed by atoms with Gasteiger partial charge in [0.05, 0.1) is 0 Å². The Balaban J connectivity index is 2.48. The van der Waals surface area contributed by atoms with Crippen molar-refractivity contribution >= 4 is 21.7 Å². The fourth-order valence-electron chi connectivity index (χ4n) is 1.63. The Morgan fingerprint density at radius 1 is 1.19 bits per heavy atom. The van der Waals surface area contributed by atoms with Crippen LogP contribution in [-0.4, -0.2) is 28.9 Å². The number of hydrogen-bond acceptors (Lipinski definition) is 3. The minimum atomic E-state index is 0.849. The van der Waals surface area contributed by atoms with Gasteiger partial charge in [0.1, 0.15) is 11.6 Å². The number of alkyl halides is 1. The first-order chi connectivity index (χ1) is 7.63. The first kappa shape index (κ1) is 13.4. The normalized spacial score (nSPS) is 10.5. The second kappa shape index (κ2) is 6.84. The molecule has 16 heavy (non-hydrogen) atoms. The zero-order valence-corrected chi connectivity index (χ0v) is 11.9. The van der Waals surface area contributed by atoms with Crippen LogP contribution in [0.2, 0.25) is 0 Å². The van der Waals surface area contributed by atoms with Gasteiger partial charge in [-0.1, -0.05) is 22.4 Å². The predicted molar refractivity (Wildman–Crippen MR) is 72.4 cm³/mol. The molecule has 0 spiro atoms. The molecule has 0 saturated heterocycles. The molecule has 0 bridgehead atoms. The minimum absolute atomic E-state index is 0.849. The smallest absolute Gasteiger partial charge is 0.132 e. The van der Waals surface area contributed by atoms with Crippen LogP contribution < -0.4 is 4.90 Å². The molecule has 1 heterocycles. The van der Waals surface area contributed by atoms with E-state index in [9.17, 15) is 0 Å². The fourth-order valence-corrected chi connectivity index (χ4v) is 2.02. The minimum Gasteiger partial charge on any atom is -0.360 e. The van der Waals surface area contributed by atoms with Crippen LogP contribution in [0.25, 0.3) is 0 Å². The van der Waals surface area contributed by atoms with Crippen molar-refractivity contribution in [3.05, 3.63) is 17.6 Å². The van der Waals surface area contributed by atoms with Gasteiger partial charge in [0, 0.05) is 30.7 Å². The second-order valence-electron chi connectivity index (χ2n) is 4.09. The molecule has 1 aromatic rings. The fraction of sp³-hybridized carbons (Fsp3) is 0.667. The number of rotatable bonds is 6. The highest BCUT2D eigenvalue weighted by atomic mass is 79.9. The van der Waals surface area contributed by atoms with Gasteiger partial charge in [-0.05, 0) is 26.7 Å². The summed E-state index contributed by atoms with van der Waals surface area (Å²) in [5, 5.41) is 1.10. The highest BCUT2D eigenvalue weighted by molar-refractivity contribution is 9.09. The van der Waals surface area contributed by atoms with Crippen molar-refractivity contribution in [2.45, 2.75) is 33.1 Å². The van der Waals surface area contributed by atoms with E-state index in [1.165, 1.54) is 19.3 Å². The van der Waals surface area contributed by atoms with E-state index in [0.717, 1.165) is 29.2 Å². The van der Waals surface area contributed by atoms with Gasteiger partial charge in [-0.15, -0.1) is 0 Å². The van der Waals surface area contributed by atoms with E-state index in [1.807, 2.05) is 19.9 Å². The maximum Gasteiger partial charge on any atom is 0.132 e. The molecule has 4 heteroatoms. The van der Waals surface area contributed by atoms with Crippen molar-refractivity contribution in [1.82, 2.24) is 9.97 Å². The first-order valence-electron chi connectivity index (χ1n) is 5.73. The van der Waals surface area contributed by atoms with Gasteiger partial charge in [0.25, 0.3) is 0 Å². The molecule has 0 fully saturated rings. The molecule has 3 nitrogen and oxygen atoms in total. The number of hydrogen-bond donors (Lipinski definition) is 0. The third-order valence-corrected chi connectivity index (χ3v) is 3.03. The molecular formula is C12H20BrN3. The average Bonchev–Trinajstić information content (AvgIpc) is 2.22. The molecule has 0 saturated carbocycles. The zero-order valence-electron chi connectivity index (χ0n) is 10.3. The maximum atomic E-state index is 4.44. The Hall–Kier alpha value is -0.640. The lowest BCUT2D eigenvalue weighted by Crippen LogP contribution is -2.20. The van der Waals surface area contributed by atoms with Crippen LogP contribution in [0, 0.1) is 13.8 Å². The van der Waals surface area contributed by atoms with Crippen molar-refractivity contribution < 1.29 is 0 Å². The number of aromatic nitrogens is 2. The number of halogens is 1. The quantitative estimate of drug-likeness (QED) is 0.594. The SMILES string of the molecule is Cc1cc(N(C)CCCCCBr)nc(C)n1. The zero-order chi connectivity index (χ0) is 12.0. The predicted octanol–water partition coefficient (Wildman–Crippen LogP) is 3.09. The monoisotopic (exact) mass is 285 g/mol. The third-order valence-electron chi connectivity index (χ3n) is 2.47. The van der Waals surface area contributed by atoms with Gasteiger partial charge in [-0.25, -0.2) is 9.97 Å². The molecule has 0 aliphatic carbocycles. The van der Waals surface area contributed by atoms with Crippen LogP contribution in [-0.2, 0) is 0 Å². The maximum absolute atomic E-state index is 4.44. The molecule has 0 atom stereocenters. The van der Waals surface area contributed by atoms with Crippen molar-refractivity contribution in [3.8, 4) is 0 Å². The van der Waals surface area contributed by atoms with Crippen molar-refractivity contribution in [1.29, 1.82) is 0 Å². The largest absolute Gasteiger partial charge is 0.360 e. The Kier molecular flexibility index (Phi) is 5.74. The van der Waals surface area contributed by atoms with Crippen molar-refractivity contribution in [3.63, 3.8) is 0 Å².